The van der Waals surface area contributed by atoms with Crippen molar-refractivity contribution in [3.8, 4) is 0 Å². The Morgan fingerprint density at radius 1 is 1.42 bits per heavy atom. The summed E-state index contributed by atoms with van der Waals surface area (Å²) < 4.78 is 33.1. The molecule has 0 atom stereocenters. The van der Waals surface area contributed by atoms with Crippen LogP contribution in [0, 0.1) is 0 Å². The SMILES string of the molecule is NC(CCN(C1CC1)S(=O)(=O)N1CCOCC1)=NO. The zero-order chi connectivity index (χ0) is 13.9. The molecule has 2 fully saturated rings. The van der Waals surface area contributed by atoms with Crippen LogP contribution in [0.3, 0.4) is 0 Å². The summed E-state index contributed by atoms with van der Waals surface area (Å²) in [6.07, 6.45) is 1.98. The summed E-state index contributed by atoms with van der Waals surface area (Å²) in [5, 5.41) is 11.4. The number of nitrogens with two attached hydrogens (primary N) is 1. The molecule has 0 spiro atoms. The molecule has 8 nitrogen and oxygen atoms in total. The molecule has 1 aliphatic carbocycles. The summed E-state index contributed by atoms with van der Waals surface area (Å²) in [5.74, 6) is 0.0443. The van der Waals surface area contributed by atoms with Crippen LogP contribution in [0.2, 0.25) is 0 Å². The fourth-order valence-corrected chi connectivity index (χ4v) is 3.87. The Morgan fingerprint density at radius 2 is 2.05 bits per heavy atom. The van der Waals surface area contributed by atoms with Crippen LogP contribution in [0.25, 0.3) is 0 Å². The van der Waals surface area contributed by atoms with Crippen molar-refractivity contribution in [1.82, 2.24) is 8.61 Å². The molecule has 0 radical (unpaired) electrons. The van der Waals surface area contributed by atoms with Crippen molar-refractivity contribution < 1.29 is 18.4 Å². The summed E-state index contributed by atoms with van der Waals surface area (Å²) in [6, 6.07) is 0.0549. The summed E-state index contributed by atoms with van der Waals surface area (Å²) in [6.45, 7) is 1.88. The standard InChI is InChI=1S/C10H20N4O4S/c11-10(12-15)3-4-14(9-1-2-9)19(16,17)13-5-7-18-8-6-13/h9,15H,1-8H2,(H2,11,12). The van der Waals surface area contributed by atoms with Crippen LogP contribution in [0.4, 0.5) is 0 Å². The highest BCUT2D eigenvalue weighted by Gasteiger charge is 2.40. The van der Waals surface area contributed by atoms with Crippen LogP contribution in [0.15, 0.2) is 5.16 Å². The second-order valence-electron chi connectivity index (χ2n) is 4.70. The molecule has 1 saturated carbocycles. The normalized spacial score (nSPS) is 22.9. The Morgan fingerprint density at radius 3 is 2.58 bits per heavy atom. The van der Waals surface area contributed by atoms with Gasteiger partial charge < -0.3 is 15.7 Å². The minimum atomic E-state index is -3.47. The maximum atomic E-state index is 12.5. The number of rotatable bonds is 6. The van der Waals surface area contributed by atoms with Gasteiger partial charge in [-0.2, -0.15) is 17.0 Å². The Balaban J connectivity index is 2.04. The van der Waals surface area contributed by atoms with E-state index in [9.17, 15) is 8.42 Å². The fraction of sp³-hybridized carbons (Fsp3) is 0.900. The van der Waals surface area contributed by atoms with Gasteiger partial charge in [0.1, 0.15) is 5.84 Å². The Kier molecular flexibility index (Phi) is 4.61. The van der Waals surface area contributed by atoms with E-state index in [1.165, 1.54) is 8.61 Å². The first kappa shape index (κ1) is 14.5. The molecule has 0 aromatic rings. The monoisotopic (exact) mass is 292 g/mol. The number of nitrogens with zero attached hydrogens (tertiary/aromatic N) is 3. The highest BCUT2D eigenvalue weighted by Crippen LogP contribution is 2.30. The van der Waals surface area contributed by atoms with E-state index in [4.69, 9.17) is 15.7 Å². The van der Waals surface area contributed by atoms with Gasteiger partial charge in [-0.15, -0.1) is 0 Å². The largest absolute Gasteiger partial charge is 0.409 e. The van der Waals surface area contributed by atoms with Gasteiger partial charge in [-0.05, 0) is 12.8 Å². The van der Waals surface area contributed by atoms with Gasteiger partial charge in [0.05, 0.1) is 13.2 Å². The summed E-state index contributed by atoms with van der Waals surface area (Å²) in [4.78, 5) is 0. The Labute approximate surface area is 113 Å². The van der Waals surface area contributed by atoms with Gasteiger partial charge in [-0.25, -0.2) is 0 Å². The van der Waals surface area contributed by atoms with Gasteiger partial charge in [0.25, 0.3) is 10.2 Å². The molecule has 3 N–H and O–H groups in total. The molecule has 0 aromatic carbocycles. The van der Waals surface area contributed by atoms with Gasteiger partial charge in [-0.1, -0.05) is 5.16 Å². The maximum Gasteiger partial charge on any atom is 0.282 e. The third-order valence-electron chi connectivity index (χ3n) is 3.26. The van der Waals surface area contributed by atoms with Crippen molar-refractivity contribution in [2.24, 2.45) is 10.9 Å². The van der Waals surface area contributed by atoms with Crippen molar-refractivity contribution in [2.75, 3.05) is 32.8 Å². The topological polar surface area (TPSA) is 108 Å². The second-order valence-corrected chi connectivity index (χ2v) is 6.58. The second kappa shape index (κ2) is 6.04. The van der Waals surface area contributed by atoms with Crippen LogP contribution < -0.4 is 5.73 Å². The minimum Gasteiger partial charge on any atom is -0.409 e. The number of hydrogen-bond acceptors (Lipinski definition) is 5. The lowest BCUT2D eigenvalue weighted by Crippen LogP contribution is -2.50. The summed E-state index contributed by atoms with van der Waals surface area (Å²) in [5.41, 5.74) is 5.41. The first-order chi connectivity index (χ1) is 9.05. The molecule has 1 saturated heterocycles. The number of ether oxygens (including phenoxy) is 1. The molecule has 0 amide bonds. The van der Waals surface area contributed by atoms with E-state index < -0.39 is 10.2 Å². The average molecular weight is 292 g/mol. The fourth-order valence-electron chi connectivity index (χ4n) is 2.05. The lowest BCUT2D eigenvalue weighted by Gasteiger charge is -2.32. The van der Waals surface area contributed by atoms with Gasteiger partial charge in [0.2, 0.25) is 0 Å². The van der Waals surface area contributed by atoms with Gasteiger partial charge in [-0.3, -0.25) is 0 Å². The molecule has 0 unspecified atom stereocenters. The molecule has 2 aliphatic rings. The van der Waals surface area contributed by atoms with Gasteiger partial charge in [0.15, 0.2) is 0 Å². The van der Waals surface area contributed by atoms with Crippen LogP contribution in [0.1, 0.15) is 19.3 Å². The van der Waals surface area contributed by atoms with E-state index in [0.717, 1.165) is 12.8 Å². The molecular weight excluding hydrogens is 272 g/mol. The highest BCUT2D eigenvalue weighted by molar-refractivity contribution is 7.86. The molecule has 1 heterocycles. The molecule has 0 aromatic heterocycles. The Hall–Kier alpha value is -0.900. The van der Waals surface area contributed by atoms with E-state index in [0.29, 0.717) is 26.3 Å². The van der Waals surface area contributed by atoms with E-state index in [1.807, 2.05) is 0 Å². The van der Waals surface area contributed by atoms with Crippen molar-refractivity contribution in [3.05, 3.63) is 0 Å². The van der Waals surface area contributed by atoms with Crippen LogP contribution in [0.5, 0.6) is 0 Å². The summed E-state index contributed by atoms with van der Waals surface area (Å²) >= 11 is 0. The van der Waals surface area contributed by atoms with E-state index in [1.54, 1.807) is 0 Å². The molecule has 0 bridgehead atoms. The molecule has 19 heavy (non-hydrogen) atoms. The predicted octanol–water partition coefficient (Wildman–Crippen LogP) is -0.836. The third-order valence-corrected chi connectivity index (χ3v) is 5.35. The lowest BCUT2D eigenvalue weighted by molar-refractivity contribution is 0.0700. The van der Waals surface area contributed by atoms with Crippen molar-refractivity contribution in [2.45, 2.75) is 25.3 Å². The maximum absolute atomic E-state index is 12.5. The molecule has 1 aliphatic heterocycles. The lowest BCUT2D eigenvalue weighted by atomic mass is 10.4. The first-order valence-corrected chi connectivity index (χ1v) is 7.76. The molecule has 110 valence electrons. The number of amidine groups is 1. The Bertz CT molecular complexity index is 429. The molecule has 2 rings (SSSR count). The average Bonchev–Trinajstić information content (AvgIpc) is 3.24. The molecular formula is C10H20N4O4S. The van der Waals surface area contributed by atoms with Crippen molar-refractivity contribution >= 4 is 16.0 Å². The zero-order valence-electron chi connectivity index (χ0n) is 10.7. The van der Waals surface area contributed by atoms with Crippen molar-refractivity contribution in [1.29, 1.82) is 0 Å². The van der Waals surface area contributed by atoms with Gasteiger partial charge in [0, 0.05) is 32.1 Å². The quantitative estimate of drug-likeness (QED) is 0.287. The van der Waals surface area contributed by atoms with E-state index >= 15 is 0 Å². The minimum absolute atomic E-state index is 0.0443. The van der Waals surface area contributed by atoms with Gasteiger partial charge >= 0.3 is 0 Å². The molecule has 9 heteroatoms. The summed E-state index contributed by atoms with van der Waals surface area (Å²) in [7, 11) is -3.47. The number of morpholine rings is 1. The van der Waals surface area contributed by atoms with Crippen molar-refractivity contribution in [3.63, 3.8) is 0 Å². The number of oxime groups is 1. The number of hydrogen-bond donors (Lipinski definition) is 2. The predicted molar refractivity (Wildman–Crippen MR) is 69.1 cm³/mol. The van der Waals surface area contributed by atoms with Crippen LogP contribution in [-0.2, 0) is 14.9 Å². The first-order valence-electron chi connectivity index (χ1n) is 6.37. The van der Waals surface area contributed by atoms with E-state index in [2.05, 4.69) is 5.16 Å². The zero-order valence-corrected chi connectivity index (χ0v) is 11.5. The third kappa shape index (κ3) is 3.56. The smallest absolute Gasteiger partial charge is 0.282 e. The van der Waals surface area contributed by atoms with Crippen LogP contribution >= 0.6 is 0 Å². The van der Waals surface area contributed by atoms with E-state index in [-0.39, 0.29) is 24.8 Å². The van der Waals surface area contributed by atoms with Crippen LogP contribution in [-0.4, -0.2) is 67.0 Å². The highest BCUT2D eigenvalue weighted by atomic mass is 32.2.